The highest BCUT2D eigenvalue weighted by Gasteiger charge is 2.15. The molecule has 4 N–H and O–H groups in total. The van der Waals surface area contributed by atoms with Gasteiger partial charge >= 0.3 is 0 Å². The van der Waals surface area contributed by atoms with Crippen LogP contribution in [0.3, 0.4) is 0 Å². The molecule has 2 aromatic rings. The van der Waals surface area contributed by atoms with Crippen molar-refractivity contribution in [2.75, 3.05) is 20.3 Å². The summed E-state index contributed by atoms with van der Waals surface area (Å²) in [6.45, 7) is 4.51. The fourth-order valence-corrected chi connectivity index (χ4v) is 5.04. The maximum absolute atomic E-state index is 6.34. The second-order valence-corrected chi connectivity index (χ2v) is 9.25. The van der Waals surface area contributed by atoms with Gasteiger partial charge in [0.05, 0.1) is 0 Å². The summed E-state index contributed by atoms with van der Waals surface area (Å²) in [5.74, 6) is 0. The third-order valence-electron chi connectivity index (χ3n) is 5.20. The summed E-state index contributed by atoms with van der Waals surface area (Å²) in [5.41, 5.74) is 23.1. The second kappa shape index (κ2) is 11.5. The van der Waals surface area contributed by atoms with E-state index in [-0.39, 0.29) is 0 Å². The number of alkyl halides is 2. The van der Waals surface area contributed by atoms with Crippen LogP contribution in [0.1, 0.15) is 60.1 Å². The third kappa shape index (κ3) is 5.75. The van der Waals surface area contributed by atoms with Crippen LogP contribution in [-0.4, -0.2) is 8.86 Å². The average Bonchev–Trinajstić information content (AvgIpc) is 2.65. The number of halogens is 2. The molecule has 0 aliphatic carbocycles. The van der Waals surface area contributed by atoms with Gasteiger partial charge in [0.25, 0.3) is 0 Å². The molecule has 0 saturated carbocycles. The van der Waals surface area contributed by atoms with Gasteiger partial charge in [-0.2, -0.15) is 0 Å². The normalized spacial score (nSPS) is 11.1. The number of anilines is 2. The minimum Gasteiger partial charge on any atom is -0.398 e. The fraction of sp³-hybridized carbons (Fsp3) is 0.478. The Labute approximate surface area is 192 Å². The first-order chi connectivity index (χ1) is 13.1. The lowest BCUT2D eigenvalue weighted by molar-refractivity contribution is 0.867. The van der Waals surface area contributed by atoms with Gasteiger partial charge in [-0.3, -0.25) is 0 Å². The van der Waals surface area contributed by atoms with E-state index in [4.69, 9.17) is 11.5 Å². The molecule has 2 nitrogen and oxygen atoms in total. The van der Waals surface area contributed by atoms with Crippen LogP contribution in [0.25, 0.3) is 0 Å². The molecule has 0 aliphatic rings. The largest absolute Gasteiger partial charge is 0.398 e. The Balaban J connectivity index is 2.53. The number of hydrogen-bond donors (Lipinski definition) is 2. The van der Waals surface area contributed by atoms with E-state index in [1.807, 2.05) is 0 Å². The van der Waals surface area contributed by atoms with Gasteiger partial charge in [-0.25, -0.2) is 0 Å². The van der Waals surface area contributed by atoms with E-state index < -0.39 is 0 Å². The summed E-state index contributed by atoms with van der Waals surface area (Å²) in [5, 5.41) is 0. The zero-order valence-electron chi connectivity index (χ0n) is 16.6. The first-order valence-electron chi connectivity index (χ1n) is 9.97. The zero-order valence-corrected chi connectivity index (χ0v) is 20.9. The fourth-order valence-electron chi connectivity index (χ4n) is 3.96. The summed E-state index contributed by atoms with van der Waals surface area (Å²) in [6, 6.07) is 8.72. The smallest absolute Gasteiger partial charge is 0.0349 e. The molecule has 0 spiro atoms. The van der Waals surface area contributed by atoms with Gasteiger partial charge in [0.2, 0.25) is 0 Å². The van der Waals surface area contributed by atoms with E-state index >= 15 is 0 Å². The predicted octanol–water partition coefficient (Wildman–Crippen LogP) is 6.30. The Kier molecular flexibility index (Phi) is 9.70. The molecule has 0 saturated heterocycles. The number of nitrogens with two attached hydrogens (primary N) is 2. The maximum Gasteiger partial charge on any atom is 0.0349 e. The van der Waals surface area contributed by atoms with E-state index in [1.54, 1.807) is 0 Å². The Morgan fingerprint density at radius 3 is 1.37 bits per heavy atom. The molecule has 27 heavy (non-hydrogen) atoms. The molecule has 0 aliphatic heterocycles. The molecule has 0 unspecified atom stereocenters. The molecule has 0 heterocycles. The molecule has 4 heteroatoms. The van der Waals surface area contributed by atoms with Crippen LogP contribution < -0.4 is 11.5 Å². The molecule has 0 fully saturated rings. The van der Waals surface area contributed by atoms with Crippen molar-refractivity contribution in [3.05, 3.63) is 57.6 Å². The van der Waals surface area contributed by atoms with Gasteiger partial charge < -0.3 is 11.5 Å². The molecule has 2 aromatic carbocycles. The lowest BCUT2D eigenvalue weighted by atomic mass is 9.87. The molecule has 0 amide bonds. The van der Waals surface area contributed by atoms with Gasteiger partial charge in [0, 0.05) is 20.2 Å². The highest BCUT2D eigenvalue weighted by molar-refractivity contribution is 14.1. The molecule has 0 bridgehead atoms. The van der Waals surface area contributed by atoms with Crippen molar-refractivity contribution in [2.24, 2.45) is 0 Å². The quantitative estimate of drug-likeness (QED) is 0.194. The summed E-state index contributed by atoms with van der Waals surface area (Å²) < 4.78 is 2.20. The first-order valence-corrected chi connectivity index (χ1v) is 13.0. The lowest BCUT2D eigenvalue weighted by Gasteiger charge is -2.20. The average molecular weight is 590 g/mol. The van der Waals surface area contributed by atoms with Gasteiger partial charge in [0.15, 0.2) is 0 Å². The van der Waals surface area contributed by atoms with Crippen molar-refractivity contribution in [3.63, 3.8) is 0 Å². The minimum absolute atomic E-state index is 0.954. The third-order valence-corrected chi connectivity index (χ3v) is 6.28. The Hall–Kier alpha value is -0.500. The lowest BCUT2D eigenvalue weighted by Crippen LogP contribution is -2.09. The van der Waals surface area contributed by atoms with Crippen LogP contribution >= 0.6 is 45.2 Å². The monoisotopic (exact) mass is 590 g/mol. The molecule has 148 valence electrons. The molecular weight excluding hydrogens is 558 g/mol. The van der Waals surface area contributed by atoms with Crippen LogP contribution in [0.4, 0.5) is 11.4 Å². The molecule has 0 aromatic heterocycles. The second-order valence-electron chi connectivity index (χ2n) is 7.10. The van der Waals surface area contributed by atoms with E-state index in [2.05, 4.69) is 83.3 Å². The van der Waals surface area contributed by atoms with Crippen LogP contribution in [0.2, 0.25) is 0 Å². The molecular formula is C23H32I2N2. The van der Waals surface area contributed by atoms with Crippen molar-refractivity contribution in [1.29, 1.82) is 0 Å². The summed E-state index contributed by atoms with van der Waals surface area (Å²) in [6.07, 6.45) is 7.59. The number of benzene rings is 2. The van der Waals surface area contributed by atoms with Crippen molar-refractivity contribution >= 4 is 56.6 Å². The van der Waals surface area contributed by atoms with Crippen molar-refractivity contribution in [1.82, 2.24) is 0 Å². The number of hydrogen-bond acceptors (Lipinski definition) is 2. The van der Waals surface area contributed by atoms with Gasteiger partial charge in [0.1, 0.15) is 0 Å². The van der Waals surface area contributed by atoms with Crippen LogP contribution in [-0.2, 0) is 32.1 Å². The number of rotatable bonds is 10. The number of nitrogen functional groups attached to an aromatic ring is 2. The van der Waals surface area contributed by atoms with Gasteiger partial charge in [-0.1, -0.05) is 84.0 Å². The van der Waals surface area contributed by atoms with Gasteiger partial charge in [-0.15, -0.1) is 0 Å². The Bertz CT molecular complexity index is 693. The topological polar surface area (TPSA) is 52.0 Å². The standard InChI is InChI=1S/C23H32I2N2/c1-3-5-18-16(7-9-22(26)20(18)11-13-24)15-17-8-10-23(27)21(12-14-25)19(17)6-4-2/h7-10H,3-6,11-15,26-27H2,1-2H3. The Morgan fingerprint density at radius 2 is 1.04 bits per heavy atom. The van der Waals surface area contributed by atoms with Crippen LogP contribution in [0, 0.1) is 0 Å². The highest BCUT2D eigenvalue weighted by Crippen LogP contribution is 2.30. The van der Waals surface area contributed by atoms with Crippen LogP contribution in [0.5, 0.6) is 0 Å². The van der Waals surface area contributed by atoms with Crippen molar-refractivity contribution in [3.8, 4) is 0 Å². The summed E-state index contributed by atoms with van der Waals surface area (Å²) >= 11 is 4.90. The molecule has 2 rings (SSSR count). The maximum atomic E-state index is 6.34. The van der Waals surface area contributed by atoms with E-state index in [0.717, 1.165) is 65.2 Å². The highest BCUT2D eigenvalue weighted by atomic mass is 127. The summed E-state index contributed by atoms with van der Waals surface area (Å²) in [4.78, 5) is 0. The first kappa shape index (κ1) is 22.8. The van der Waals surface area contributed by atoms with E-state index in [1.165, 1.54) is 33.4 Å². The predicted molar refractivity (Wildman–Crippen MR) is 138 cm³/mol. The molecule has 0 radical (unpaired) electrons. The van der Waals surface area contributed by atoms with Crippen molar-refractivity contribution < 1.29 is 0 Å². The zero-order chi connectivity index (χ0) is 19.8. The summed E-state index contributed by atoms with van der Waals surface area (Å²) in [7, 11) is 0. The van der Waals surface area contributed by atoms with Gasteiger partial charge in [-0.05, 0) is 77.6 Å². The minimum atomic E-state index is 0.954. The van der Waals surface area contributed by atoms with E-state index in [9.17, 15) is 0 Å². The Morgan fingerprint density at radius 1 is 0.630 bits per heavy atom. The molecule has 0 atom stereocenters. The van der Waals surface area contributed by atoms with E-state index in [0.29, 0.717) is 0 Å². The van der Waals surface area contributed by atoms with Crippen LogP contribution in [0.15, 0.2) is 24.3 Å². The SMILES string of the molecule is CCCc1c(Cc2ccc(N)c(CCI)c2CCC)ccc(N)c1CCI. The van der Waals surface area contributed by atoms with Crippen molar-refractivity contribution in [2.45, 2.75) is 58.8 Å².